The summed E-state index contributed by atoms with van der Waals surface area (Å²) in [6.07, 6.45) is 4.05. The highest BCUT2D eigenvalue weighted by atomic mass is 35.5. The molecule has 2 unspecified atom stereocenters. The Morgan fingerprint density at radius 1 is 1.11 bits per heavy atom. The van der Waals surface area contributed by atoms with Crippen LogP contribution in [-0.4, -0.2) is 49.7 Å². The van der Waals surface area contributed by atoms with Crippen LogP contribution in [0.4, 0.5) is 0 Å². The van der Waals surface area contributed by atoms with E-state index in [-0.39, 0.29) is 34.1 Å². The Morgan fingerprint density at radius 2 is 1.61 bits per heavy atom. The second-order valence-corrected chi connectivity index (χ2v) is 8.52. The normalized spacial score (nSPS) is 41.5. The Bertz CT molecular complexity index is 462. The van der Waals surface area contributed by atoms with Gasteiger partial charge in [-0.2, -0.15) is 0 Å². The first-order valence-electron chi connectivity index (χ1n) is 6.46. The highest BCUT2D eigenvalue weighted by Gasteiger charge is 2.66. The summed E-state index contributed by atoms with van der Waals surface area (Å²) in [5, 5.41) is 0. The Hall–Kier alpha value is -0.290. The molecule has 2 aliphatic heterocycles. The maximum absolute atomic E-state index is 12.0. The van der Waals surface area contributed by atoms with Crippen molar-refractivity contribution in [1.29, 1.82) is 0 Å². The molecule has 3 rings (SSSR count). The molecule has 0 aromatic heterocycles. The van der Waals surface area contributed by atoms with Gasteiger partial charge in [0.2, 0.25) is 5.91 Å². The Balaban J connectivity index is 1.98. The fourth-order valence-electron chi connectivity index (χ4n) is 4.43. The van der Waals surface area contributed by atoms with Crippen LogP contribution < -0.4 is 0 Å². The predicted molar refractivity (Wildman–Crippen MR) is 69.3 cm³/mol. The molecule has 0 aromatic rings. The molecule has 1 amide bonds. The molecule has 0 bridgehead atoms. The molecule has 0 N–H and O–H groups in total. The molecular formula is C12H18ClNO3S. The molecule has 1 aliphatic carbocycles. The van der Waals surface area contributed by atoms with Crippen LogP contribution >= 0.6 is 11.6 Å². The van der Waals surface area contributed by atoms with Crippen molar-refractivity contribution in [3.05, 3.63) is 0 Å². The van der Waals surface area contributed by atoms with Gasteiger partial charge in [-0.1, -0.05) is 12.8 Å². The van der Waals surface area contributed by atoms with Crippen molar-refractivity contribution < 1.29 is 13.2 Å². The molecule has 4 nitrogen and oxygen atoms in total. The largest absolute Gasteiger partial charge is 0.340 e. The number of alkyl halides is 1. The molecule has 2 atom stereocenters. The fourth-order valence-corrected chi connectivity index (χ4v) is 7.47. The lowest BCUT2D eigenvalue weighted by atomic mass is 9.60. The number of amides is 1. The van der Waals surface area contributed by atoms with Gasteiger partial charge in [-0.3, -0.25) is 4.79 Å². The molecule has 0 spiro atoms. The van der Waals surface area contributed by atoms with E-state index in [2.05, 4.69) is 0 Å². The zero-order valence-electron chi connectivity index (χ0n) is 10.3. The molecule has 18 heavy (non-hydrogen) atoms. The van der Waals surface area contributed by atoms with Gasteiger partial charge < -0.3 is 4.90 Å². The number of halogens is 1. The molecule has 2 saturated heterocycles. The van der Waals surface area contributed by atoms with Crippen LogP contribution in [-0.2, 0) is 14.6 Å². The molecule has 0 aromatic carbocycles. The van der Waals surface area contributed by atoms with E-state index < -0.39 is 9.84 Å². The van der Waals surface area contributed by atoms with E-state index in [1.807, 2.05) is 0 Å². The van der Waals surface area contributed by atoms with Gasteiger partial charge in [-0.05, 0) is 12.8 Å². The van der Waals surface area contributed by atoms with Crippen LogP contribution in [0.1, 0.15) is 25.7 Å². The zero-order valence-corrected chi connectivity index (χ0v) is 11.9. The lowest BCUT2D eigenvalue weighted by molar-refractivity contribution is -0.128. The molecule has 6 heteroatoms. The molecule has 3 aliphatic rings. The minimum atomic E-state index is -2.93. The van der Waals surface area contributed by atoms with Crippen LogP contribution in [0, 0.1) is 10.8 Å². The van der Waals surface area contributed by atoms with Crippen LogP contribution in [0.25, 0.3) is 0 Å². The molecule has 0 radical (unpaired) electrons. The van der Waals surface area contributed by atoms with E-state index in [4.69, 9.17) is 11.6 Å². The highest BCUT2D eigenvalue weighted by molar-refractivity contribution is 7.91. The van der Waals surface area contributed by atoms with Crippen LogP contribution in [0.5, 0.6) is 0 Å². The summed E-state index contributed by atoms with van der Waals surface area (Å²) in [6, 6.07) is 0. The summed E-state index contributed by atoms with van der Waals surface area (Å²) in [6.45, 7) is 1.19. The molecular weight excluding hydrogens is 274 g/mol. The van der Waals surface area contributed by atoms with Crippen molar-refractivity contribution in [2.75, 3.05) is 30.5 Å². The smallest absolute Gasteiger partial charge is 0.237 e. The van der Waals surface area contributed by atoms with Crippen LogP contribution in [0.2, 0.25) is 0 Å². The molecule has 3 fully saturated rings. The summed E-state index contributed by atoms with van der Waals surface area (Å²) < 4.78 is 24.0. The second-order valence-electron chi connectivity index (χ2n) is 6.18. The summed E-state index contributed by atoms with van der Waals surface area (Å²) in [4.78, 5) is 13.6. The number of carbonyl (C=O) groups is 1. The summed E-state index contributed by atoms with van der Waals surface area (Å²) >= 11 is 5.63. The van der Waals surface area contributed by atoms with Gasteiger partial charge in [-0.25, -0.2) is 8.42 Å². The number of likely N-dealkylation sites (tertiary alicyclic amines) is 1. The van der Waals surface area contributed by atoms with E-state index in [1.165, 1.54) is 0 Å². The number of sulfone groups is 1. The van der Waals surface area contributed by atoms with E-state index in [1.54, 1.807) is 4.90 Å². The Labute approximate surface area is 113 Å². The van der Waals surface area contributed by atoms with Gasteiger partial charge in [-0.15, -0.1) is 11.6 Å². The van der Waals surface area contributed by atoms with Gasteiger partial charge >= 0.3 is 0 Å². The van der Waals surface area contributed by atoms with E-state index in [0.717, 1.165) is 25.7 Å². The maximum Gasteiger partial charge on any atom is 0.237 e. The van der Waals surface area contributed by atoms with E-state index >= 15 is 0 Å². The quantitative estimate of drug-likeness (QED) is 0.679. The first-order chi connectivity index (χ1) is 8.42. The van der Waals surface area contributed by atoms with Crippen molar-refractivity contribution in [1.82, 2.24) is 4.90 Å². The average molecular weight is 292 g/mol. The fraction of sp³-hybridized carbons (Fsp3) is 0.917. The van der Waals surface area contributed by atoms with Gasteiger partial charge in [0.25, 0.3) is 0 Å². The molecule has 2 heterocycles. The lowest BCUT2D eigenvalue weighted by Crippen LogP contribution is -2.42. The summed E-state index contributed by atoms with van der Waals surface area (Å²) in [5.74, 6) is 0.487. The van der Waals surface area contributed by atoms with Crippen molar-refractivity contribution >= 4 is 27.3 Å². The Kier molecular flexibility index (Phi) is 2.73. The first-order valence-corrected chi connectivity index (χ1v) is 8.82. The topological polar surface area (TPSA) is 54.5 Å². The summed E-state index contributed by atoms with van der Waals surface area (Å²) in [5.41, 5.74) is -0.350. The van der Waals surface area contributed by atoms with E-state index in [9.17, 15) is 13.2 Å². The third kappa shape index (κ3) is 1.63. The molecule has 1 saturated carbocycles. The van der Waals surface area contributed by atoms with Crippen LogP contribution in [0.3, 0.4) is 0 Å². The number of rotatable bonds is 1. The lowest BCUT2D eigenvalue weighted by Gasteiger charge is -2.41. The number of hydrogen-bond donors (Lipinski definition) is 0. The Morgan fingerprint density at radius 3 is 2.06 bits per heavy atom. The summed E-state index contributed by atoms with van der Waals surface area (Å²) in [7, 11) is -2.93. The minimum Gasteiger partial charge on any atom is -0.340 e. The van der Waals surface area contributed by atoms with Gasteiger partial charge in [0.15, 0.2) is 9.84 Å². The highest BCUT2D eigenvalue weighted by Crippen LogP contribution is 2.60. The third-order valence-electron chi connectivity index (χ3n) is 5.13. The number of nitrogens with zero attached hydrogens (tertiary/aromatic N) is 1. The standard InChI is InChI=1S/C12H18ClNO3S/c13-5-10(15)14-6-11-3-1-2-4-12(11,7-14)9-18(16,17)8-11/h1-9H2. The van der Waals surface area contributed by atoms with Gasteiger partial charge in [0.05, 0.1) is 11.5 Å². The van der Waals surface area contributed by atoms with Crippen molar-refractivity contribution in [3.8, 4) is 0 Å². The zero-order chi connectivity index (χ0) is 13.0. The number of hydrogen-bond acceptors (Lipinski definition) is 3. The van der Waals surface area contributed by atoms with Crippen molar-refractivity contribution in [3.63, 3.8) is 0 Å². The minimum absolute atomic E-state index is 0.00108. The monoisotopic (exact) mass is 291 g/mol. The average Bonchev–Trinajstić information content (AvgIpc) is 2.71. The van der Waals surface area contributed by atoms with Crippen molar-refractivity contribution in [2.24, 2.45) is 10.8 Å². The second kappa shape index (κ2) is 3.85. The maximum atomic E-state index is 12.0. The SMILES string of the molecule is O=C(CCl)N1CC23CCCCC2(C1)CS(=O)(=O)C3. The van der Waals surface area contributed by atoms with Crippen LogP contribution in [0.15, 0.2) is 0 Å². The third-order valence-corrected chi connectivity index (χ3v) is 7.35. The first kappa shape index (κ1) is 12.7. The predicted octanol–water partition coefficient (Wildman–Crippen LogP) is 1.04. The van der Waals surface area contributed by atoms with Gasteiger partial charge in [0, 0.05) is 23.9 Å². The molecule has 102 valence electrons. The van der Waals surface area contributed by atoms with Gasteiger partial charge in [0.1, 0.15) is 5.88 Å². The number of carbonyl (C=O) groups excluding carboxylic acids is 1. The van der Waals surface area contributed by atoms with E-state index in [0.29, 0.717) is 13.1 Å². The van der Waals surface area contributed by atoms with Crippen molar-refractivity contribution in [2.45, 2.75) is 25.7 Å².